The van der Waals surface area contributed by atoms with Gasteiger partial charge in [0.1, 0.15) is 35.0 Å². The smallest absolute Gasteiger partial charge is 0.345 e. The van der Waals surface area contributed by atoms with Gasteiger partial charge in [-0.1, -0.05) is 63.4 Å². The van der Waals surface area contributed by atoms with Crippen molar-refractivity contribution in [3.8, 4) is 28.7 Å². The molecule has 9 heteroatoms. The van der Waals surface area contributed by atoms with Crippen LogP contribution in [0.1, 0.15) is 89.8 Å². The van der Waals surface area contributed by atoms with Gasteiger partial charge in [-0.2, -0.15) is 0 Å². The van der Waals surface area contributed by atoms with Crippen molar-refractivity contribution in [3.05, 3.63) is 76.3 Å². The average Bonchev–Trinajstić information content (AvgIpc) is 3.22. The third-order valence-electron chi connectivity index (χ3n) is 7.06. The van der Waals surface area contributed by atoms with Crippen molar-refractivity contribution in [2.75, 3.05) is 7.11 Å². The molecule has 3 aromatic rings. The third-order valence-corrected chi connectivity index (χ3v) is 7.06. The lowest BCUT2D eigenvalue weighted by Crippen LogP contribution is -2.25. The number of aromatic hydroxyl groups is 2. The number of methoxy groups -OCH3 is 1. The quantitative estimate of drug-likeness (QED) is 0.157. The number of phenolic OH excluding ortho intramolecular Hbond substituents is 2. The van der Waals surface area contributed by atoms with Gasteiger partial charge in [0.2, 0.25) is 5.79 Å². The molecule has 218 valence electrons. The Labute approximate surface area is 239 Å². The van der Waals surface area contributed by atoms with E-state index in [1.165, 1.54) is 19.2 Å². The Morgan fingerprint density at radius 1 is 0.976 bits per heavy atom. The molecular formula is C32H36O9. The van der Waals surface area contributed by atoms with E-state index in [0.717, 1.165) is 30.9 Å². The molecule has 41 heavy (non-hydrogen) atoms. The van der Waals surface area contributed by atoms with Gasteiger partial charge in [-0.05, 0) is 30.9 Å². The topological polar surface area (TPSA) is 132 Å². The van der Waals surface area contributed by atoms with Crippen LogP contribution < -0.4 is 9.47 Å². The Morgan fingerprint density at radius 3 is 2.39 bits per heavy atom. The summed E-state index contributed by atoms with van der Waals surface area (Å²) in [5, 5.41) is 32.9. The highest BCUT2D eigenvalue weighted by molar-refractivity contribution is 5.98. The van der Waals surface area contributed by atoms with Gasteiger partial charge in [-0.15, -0.1) is 0 Å². The number of benzene rings is 3. The number of aliphatic hydroxyl groups is 1. The number of carbonyl (C=O) groups is 2. The maximum atomic E-state index is 13.3. The van der Waals surface area contributed by atoms with E-state index in [9.17, 15) is 24.9 Å². The first kappa shape index (κ1) is 29.7. The van der Waals surface area contributed by atoms with E-state index >= 15 is 0 Å². The maximum Gasteiger partial charge on any atom is 0.345 e. The molecule has 0 fully saturated rings. The van der Waals surface area contributed by atoms with Crippen LogP contribution in [0.15, 0.2) is 48.5 Å². The van der Waals surface area contributed by atoms with Gasteiger partial charge >= 0.3 is 11.9 Å². The highest BCUT2D eigenvalue weighted by Gasteiger charge is 2.46. The second kappa shape index (κ2) is 13.0. The van der Waals surface area contributed by atoms with Crippen LogP contribution in [0.2, 0.25) is 0 Å². The van der Waals surface area contributed by atoms with Crippen molar-refractivity contribution < 1.29 is 43.9 Å². The van der Waals surface area contributed by atoms with Crippen molar-refractivity contribution in [1.82, 2.24) is 0 Å². The zero-order valence-electron chi connectivity index (χ0n) is 23.6. The van der Waals surface area contributed by atoms with Crippen LogP contribution >= 0.6 is 0 Å². The van der Waals surface area contributed by atoms with E-state index in [1.54, 1.807) is 0 Å². The Morgan fingerprint density at radius 2 is 1.71 bits per heavy atom. The minimum absolute atomic E-state index is 0.00964. The molecule has 4 rings (SSSR count). The summed E-state index contributed by atoms with van der Waals surface area (Å²) < 4.78 is 22.5. The zero-order valence-corrected chi connectivity index (χ0v) is 23.6. The van der Waals surface area contributed by atoms with Crippen LogP contribution in [-0.2, 0) is 28.3 Å². The number of carbonyl (C=O) groups excluding carboxylic acids is 2. The van der Waals surface area contributed by atoms with E-state index in [2.05, 4.69) is 0 Å². The fraction of sp³-hybridized carbons (Fsp3) is 0.375. The number of unbranched alkanes of at least 4 members (excludes halogenated alkanes) is 3. The number of fused-ring (bicyclic) bond motifs is 1. The molecule has 1 unspecified atom stereocenters. The van der Waals surface area contributed by atoms with Gasteiger partial charge in [-0.3, -0.25) is 0 Å². The highest BCUT2D eigenvalue weighted by atomic mass is 16.7. The number of ether oxygens (including phenoxy) is 4. The molecule has 1 aliphatic heterocycles. The van der Waals surface area contributed by atoms with Gasteiger partial charge in [-0.25, -0.2) is 9.59 Å². The molecule has 0 amide bonds. The summed E-state index contributed by atoms with van der Waals surface area (Å²) >= 11 is 0. The van der Waals surface area contributed by atoms with Gasteiger partial charge < -0.3 is 34.3 Å². The van der Waals surface area contributed by atoms with E-state index < -0.39 is 29.2 Å². The van der Waals surface area contributed by atoms with Gasteiger partial charge in [0.25, 0.3) is 0 Å². The van der Waals surface area contributed by atoms with Gasteiger partial charge in [0, 0.05) is 29.7 Å². The predicted octanol–water partition coefficient (Wildman–Crippen LogP) is 6.49. The Hall–Kier alpha value is -4.24. The lowest BCUT2D eigenvalue weighted by Gasteiger charge is -2.22. The average molecular weight is 565 g/mol. The molecule has 0 radical (unpaired) electrons. The molecule has 0 aromatic heterocycles. The Balaban J connectivity index is 1.79. The van der Waals surface area contributed by atoms with Gasteiger partial charge in [0.05, 0.1) is 7.11 Å². The summed E-state index contributed by atoms with van der Waals surface area (Å²) in [4.78, 5) is 26.3. The standard InChI is InChI=1S/C32H36O9/c1-4-6-9-14-22-27(30(35)39-19-20-12-10-8-11-13-20)24(33)18-25(34)29(22)40-26-17-21(38-3)16-23-28(26)31(36)41-32(23,37)15-7-5-2/h8,10-13,16-18,33-34,37H,4-7,9,14-15,19H2,1-3H3. The fourth-order valence-electron chi connectivity index (χ4n) is 4.90. The summed E-state index contributed by atoms with van der Waals surface area (Å²) in [5.74, 6) is -4.17. The predicted molar refractivity (Wildman–Crippen MR) is 150 cm³/mol. The molecule has 3 N–H and O–H groups in total. The molecule has 1 aliphatic rings. The minimum atomic E-state index is -1.86. The van der Waals surface area contributed by atoms with Crippen LogP contribution in [0.5, 0.6) is 28.7 Å². The molecule has 0 saturated heterocycles. The molecular weight excluding hydrogens is 528 g/mol. The van der Waals surface area contributed by atoms with Gasteiger partial charge in [0.15, 0.2) is 11.5 Å². The molecule has 0 spiro atoms. The Kier molecular flexibility index (Phi) is 9.39. The minimum Gasteiger partial charge on any atom is -0.507 e. The summed E-state index contributed by atoms with van der Waals surface area (Å²) in [6.07, 6.45) is 4.17. The number of hydrogen-bond acceptors (Lipinski definition) is 9. The molecule has 3 aromatic carbocycles. The first-order valence-electron chi connectivity index (χ1n) is 13.9. The summed E-state index contributed by atoms with van der Waals surface area (Å²) in [5.41, 5.74) is 1.05. The van der Waals surface area contributed by atoms with Crippen molar-refractivity contribution in [3.63, 3.8) is 0 Å². The van der Waals surface area contributed by atoms with Crippen molar-refractivity contribution in [2.24, 2.45) is 0 Å². The largest absolute Gasteiger partial charge is 0.507 e. The molecule has 9 nitrogen and oxygen atoms in total. The molecule has 0 saturated carbocycles. The zero-order chi connectivity index (χ0) is 29.6. The fourth-order valence-corrected chi connectivity index (χ4v) is 4.90. The maximum absolute atomic E-state index is 13.3. The molecule has 1 heterocycles. The monoisotopic (exact) mass is 564 g/mol. The highest BCUT2D eigenvalue weighted by Crippen LogP contribution is 2.48. The lowest BCUT2D eigenvalue weighted by atomic mass is 9.96. The van der Waals surface area contributed by atoms with E-state index in [0.29, 0.717) is 18.6 Å². The normalized spacial score (nSPS) is 15.8. The van der Waals surface area contributed by atoms with Crippen LogP contribution in [0, 0.1) is 0 Å². The van der Waals surface area contributed by atoms with E-state index in [-0.39, 0.29) is 53.2 Å². The summed E-state index contributed by atoms with van der Waals surface area (Å²) in [6, 6.07) is 13.1. The number of cyclic esters (lactones) is 1. The van der Waals surface area contributed by atoms with Crippen molar-refractivity contribution in [1.29, 1.82) is 0 Å². The lowest BCUT2D eigenvalue weighted by molar-refractivity contribution is -0.168. The second-order valence-corrected chi connectivity index (χ2v) is 10.0. The number of esters is 2. The summed E-state index contributed by atoms with van der Waals surface area (Å²) in [6.45, 7) is 3.96. The second-order valence-electron chi connectivity index (χ2n) is 10.0. The Bertz CT molecular complexity index is 1400. The van der Waals surface area contributed by atoms with E-state index in [4.69, 9.17) is 18.9 Å². The molecule has 0 aliphatic carbocycles. The van der Waals surface area contributed by atoms with E-state index in [1.807, 2.05) is 44.2 Å². The summed E-state index contributed by atoms with van der Waals surface area (Å²) in [7, 11) is 1.43. The molecule has 0 bridgehead atoms. The van der Waals surface area contributed by atoms with Crippen LogP contribution in [-0.4, -0.2) is 34.4 Å². The third kappa shape index (κ3) is 6.41. The van der Waals surface area contributed by atoms with Crippen LogP contribution in [0.3, 0.4) is 0 Å². The molecule has 1 atom stereocenters. The van der Waals surface area contributed by atoms with Crippen molar-refractivity contribution in [2.45, 2.75) is 71.2 Å². The number of hydrogen-bond donors (Lipinski definition) is 3. The number of phenols is 2. The van der Waals surface area contributed by atoms with Crippen LogP contribution in [0.4, 0.5) is 0 Å². The van der Waals surface area contributed by atoms with Crippen molar-refractivity contribution >= 4 is 11.9 Å². The number of rotatable bonds is 13. The SMILES string of the molecule is CCCCCc1c(Oc2cc(OC)cc3c2C(=O)OC3(O)CCCC)c(O)cc(O)c1C(=O)OCc1ccccc1. The first-order valence-corrected chi connectivity index (χ1v) is 13.9. The van der Waals surface area contributed by atoms with Crippen LogP contribution in [0.25, 0.3) is 0 Å². The first-order chi connectivity index (χ1) is 19.7.